The summed E-state index contributed by atoms with van der Waals surface area (Å²) in [5.41, 5.74) is 8.39. The van der Waals surface area contributed by atoms with Crippen molar-refractivity contribution in [1.82, 2.24) is 4.98 Å². The molecule has 5 heteroatoms. The van der Waals surface area contributed by atoms with E-state index in [0.717, 1.165) is 11.3 Å². The number of ketones is 1. The number of hydrogen-bond acceptors (Lipinski definition) is 5. The predicted molar refractivity (Wildman–Crippen MR) is 99.8 cm³/mol. The number of pyridine rings is 1. The molecule has 1 heterocycles. The number of carbonyl (C=O) groups excluding carboxylic acids is 1. The number of nitrogens with one attached hydrogen (secondary N) is 1. The van der Waals surface area contributed by atoms with Gasteiger partial charge in [-0.05, 0) is 72.8 Å². The lowest BCUT2D eigenvalue weighted by atomic mass is 10.1. The number of phenols is 1. The van der Waals surface area contributed by atoms with Gasteiger partial charge in [-0.15, -0.1) is 0 Å². The van der Waals surface area contributed by atoms with Crippen molar-refractivity contribution in [3.8, 4) is 5.75 Å². The second-order valence-electron chi connectivity index (χ2n) is 5.43. The predicted octanol–water partition coefficient (Wildman–Crippen LogP) is 4.01. The van der Waals surface area contributed by atoms with Crippen LogP contribution in [0.25, 0.3) is 6.08 Å². The van der Waals surface area contributed by atoms with Crippen LogP contribution >= 0.6 is 0 Å². The van der Waals surface area contributed by atoms with Gasteiger partial charge in [-0.25, -0.2) is 4.98 Å². The molecule has 3 rings (SSSR count). The molecule has 0 fully saturated rings. The Morgan fingerprint density at radius 3 is 2.48 bits per heavy atom. The van der Waals surface area contributed by atoms with Crippen molar-refractivity contribution in [1.29, 1.82) is 0 Å². The summed E-state index contributed by atoms with van der Waals surface area (Å²) in [6.07, 6.45) is 4.89. The van der Waals surface area contributed by atoms with Crippen LogP contribution in [0.4, 0.5) is 17.2 Å². The first kappa shape index (κ1) is 16.3. The maximum Gasteiger partial charge on any atom is 0.185 e. The molecule has 0 aliphatic heterocycles. The Bertz CT molecular complexity index is 901. The molecular formula is C20H17N3O2. The van der Waals surface area contributed by atoms with E-state index in [4.69, 9.17) is 5.73 Å². The average molecular weight is 331 g/mol. The summed E-state index contributed by atoms with van der Waals surface area (Å²) in [6, 6.07) is 17.1. The Kier molecular flexibility index (Phi) is 4.76. The van der Waals surface area contributed by atoms with Crippen LogP contribution in [0.3, 0.4) is 0 Å². The van der Waals surface area contributed by atoms with Gasteiger partial charge in [0.1, 0.15) is 11.6 Å². The molecule has 0 spiro atoms. The zero-order valence-corrected chi connectivity index (χ0v) is 13.4. The highest BCUT2D eigenvalue weighted by Crippen LogP contribution is 2.21. The summed E-state index contributed by atoms with van der Waals surface area (Å²) in [5, 5.41) is 12.5. The van der Waals surface area contributed by atoms with Crippen molar-refractivity contribution < 1.29 is 9.90 Å². The number of nitrogens with two attached hydrogens (primary N) is 1. The van der Waals surface area contributed by atoms with Gasteiger partial charge in [0, 0.05) is 28.7 Å². The number of carbonyl (C=O) groups is 1. The Morgan fingerprint density at radius 2 is 1.76 bits per heavy atom. The second-order valence-corrected chi connectivity index (χ2v) is 5.43. The normalized spacial score (nSPS) is 10.7. The minimum atomic E-state index is -0.112. The minimum Gasteiger partial charge on any atom is -0.508 e. The number of nitrogens with zero attached hydrogens (tertiary/aromatic N) is 1. The highest BCUT2D eigenvalue weighted by Gasteiger charge is 2.04. The van der Waals surface area contributed by atoms with E-state index in [1.807, 2.05) is 6.07 Å². The Hall–Kier alpha value is -3.60. The monoisotopic (exact) mass is 331 g/mol. The fourth-order valence-electron chi connectivity index (χ4n) is 2.25. The quantitative estimate of drug-likeness (QED) is 0.284. The number of rotatable bonds is 5. The molecule has 3 aromatic rings. The molecular weight excluding hydrogens is 314 g/mol. The van der Waals surface area contributed by atoms with E-state index < -0.39 is 0 Å². The lowest BCUT2D eigenvalue weighted by molar-refractivity contribution is 0.104. The van der Waals surface area contributed by atoms with Gasteiger partial charge in [0.05, 0.1) is 0 Å². The summed E-state index contributed by atoms with van der Waals surface area (Å²) < 4.78 is 0. The number of allylic oxidation sites excluding steroid dienone is 1. The molecule has 25 heavy (non-hydrogen) atoms. The Morgan fingerprint density at radius 1 is 1.04 bits per heavy atom. The number of aromatic hydroxyl groups is 1. The number of benzene rings is 2. The molecule has 0 bridgehead atoms. The van der Waals surface area contributed by atoms with Gasteiger partial charge in [-0.3, -0.25) is 4.79 Å². The summed E-state index contributed by atoms with van der Waals surface area (Å²) >= 11 is 0. The van der Waals surface area contributed by atoms with Crippen LogP contribution in [0.1, 0.15) is 15.9 Å². The van der Waals surface area contributed by atoms with Gasteiger partial charge in [0.25, 0.3) is 0 Å². The molecule has 0 unspecified atom stereocenters. The van der Waals surface area contributed by atoms with Crippen LogP contribution in [0.15, 0.2) is 72.9 Å². The molecule has 0 aliphatic carbocycles. The van der Waals surface area contributed by atoms with Crippen molar-refractivity contribution in [3.63, 3.8) is 0 Å². The van der Waals surface area contributed by atoms with E-state index in [1.165, 1.54) is 6.08 Å². The lowest BCUT2D eigenvalue weighted by Crippen LogP contribution is -1.97. The second kappa shape index (κ2) is 7.31. The Balaban J connectivity index is 1.79. The van der Waals surface area contributed by atoms with E-state index in [-0.39, 0.29) is 11.5 Å². The van der Waals surface area contributed by atoms with Crippen LogP contribution in [0.2, 0.25) is 0 Å². The zero-order valence-electron chi connectivity index (χ0n) is 13.4. The van der Waals surface area contributed by atoms with Crippen LogP contribution < -0.4 is 11.1 Å². The molecule has 0 radical (unpaired) electrons. The highest BCUT2D eigenvalue weighted by molar-refractivity contribution is 6.07. The summed E-state index contributed by atoms with van der Waals surface area (Å²) in [7, 11) is 0. The molecule has 5 nitrogen and oxygen atoms in total. The molecule has 124 valence electrons. The van der Waals surface area contributed by atoms with E-state index in [1.54, 1.807) is 66.9 Å². The molecule has 0 saturated heterocycles. The number of nitrogen functional groups attached to an aromatic ring is 1. The maximum absolute atomic E-state index is 12.2. The maximum atomic E-state index is 12.2. The van der Waals surface area contributed by atoms with Crippen LogP contribution in [0, 0.1) is 0 Å². The fraction of sp³-hybridized carbons (Fsp3) is 0. The number of anilines is 3. The molecule has 2 aromatic carbocycles. The van der Waals surface area contributed by atoms with Gasteiger partial charge in [-0.2, -0.15) is 0 Å². The third-order valence-electron chi connectivity index (χ3n) is 3.58. The van der Waals surface area contributed by atoms with E-state index >= 15 is 0 Å². The summed E-state index contributed by atoms with van der Waals surface area (Å²) in [5.74, 6) is 0.703. The molecule has 0 aliphatic rings. The molecule has 1 aromatic heterocycles. The number of aromatic nitrogens is 1. The Labute approximate surface area is 145 Å². The largest absolute Gasteiger partial charge is 0.508 e. The van der Waals surface area contributed by atoms with Gasteiger partial charge < -0.3 is 16.2 Å². The van der Waals surface area contributed by atoms with Gasteiger partial charge in [0.15, 0.2) is 5.78 Å². The first-order valence-electron chi connectivity index (χ1n) is 7.71. The molecule has 0 saturated carbocycles. The molecule has 0 amide bonds. The van der Waals surface area contributed by atoms with Crippen LogP contribution in [-0.2, 0) is 0 Å². The van der Waals surface area contributed by atoms with Gasteiger partial charge >= 0.3 is 0 Å². The fourth-order valence-corrected chi connectivity index (χ4v) is 2.25. The third-order valence-corrected chi connectivity index (χ3v) is 3.58. The average Bonchev–Trinajstić information content (AvgIpc) is 2.63. The first-order chi connectivity index (χ1) is 12.1. The standard InChI is InChI=1S/C20H17N3O2/c21-16-6-3-14(4-7-16)19(25)12-5-15-2-1-13-22-20(15)23-17-8-10-18(24)11-9-17/h1-13,24H,21H2,(H,22,23). The zero-order chi connectivity index (χ0) is 17.6. The lowest BCUT2D eigenvalue weighted by Gasteiger charge is -2.08. The van der Waals surface area contributed by atoms with Gasteiger partial charge in [0.2, 0.25) is 0 Å². The summed E-state index contributed by atoms with van der Waals surface area (Å²) in [6.45, 7) is 0. The van der Waals surface area contributed by atoms with Crippen molar-refractivity contribution in [2.24, 2.45) is 0 Å². The van der Waals surface area contributed by atoms with Crippen molar-refractivity contribution in [2.75, 3.05) is 11.1 Å². The van der Waals surface area contributed by atoms with E-state index in [9.17, 15) is 9.90 Å². The SMILES string of the molecule is Nc1ccc(C(=O)C=Cc2cccnc2Nc2ccc(O)cc2)cc1. The third kappa shape index (κ3) is 4.23. The van der Waals surface area contributed by atoms with Gasteiger partial charge in [-0.1, -0.05) is 0 Å². The minimum absolute atomic E-state index is 0.112. The molecule has 4 N–H and O–H groups in total. The van der Waals surface area contributed by atoms with E-state index in [2.05, 4.69) is 10.3 Å². The first-order valence-corrected chi connectivity index (χ1v) is 7.71. The topological polar surface area (TPSA) is 88.2 Å². The summed E-state index contributed by atoms with van der Waals surface area (Å²) in [4.78, 5) is 16.5. The number of hydrogen-bond donors (Lipinski definition) is 3. The number of phenolic OH excluding ortho intramolecular Hbond substituents is 1. The van der Waals surface area contributed by atoms with Crippen LogP contribution in [0.5, 0.6) is 5.75 Å². The van der Waals surface area contributed by atoms with Crippen molar-refractivity contribution in [2.45, 2.75) is 0 Å². The smallest absolute Gasteiger partial charge is 0.185 e. The molecule has 0 atom stereocenters. The van der Waals surface area contributed by atoms with E-state index in [0.29, 0.717) is 17.1 Å². The van der Waals surface area contributed by atoms with Crippen LogP contribution in [-0.4, -0.2) is 15.9 Å². The van der Waals surface area contributed by atoms with Crippen molar-refractivity contribution in [3.05, 3.63) is 84.1 Å². The highest BCUT2D eigenvalue weighted by atomic mass is 16.3. The van der Waals surface area contributed by atoms with Crippen molar-refractivity contribution >= 4 is 29.1 Å².